The number of rotatable bonds is 5. The zero-order valence-electron chi connectivity index (χ0n) is 8.64. The van der Waals surface area contributed by atoms with Crippen molar-refractivity contribution in [1.82, 2.24) is 0 Å². The number of aliphatic carboxylic acids is 1. The summed E-state index contributed by atoms with van der Waals surface area (Å²) in [6, 6.07) is 7.63. The Balaban J connectivity index is 2.61. The normalized spacial score (nSPS) is 10.5. The molecule has 0 spiro atoms. The van der Waals surface area contributed by atoms with Gasteiger partial charge in [-0.05, 0) is 31.0 Å². The van der Waals surface area contributed by atoms with E-state index in [-0.39, 0.29) is 0 Å². The minimum absolute atomic E-state index is 0.604. The van der Waals surface area contributed by atoms with E-state index in [1.165, 1.54) is 0 Å². The summed E-state index contributed by atoms with van der Waals surface area (Å²) in [7, 11) is 0. The van der Waals surface area contributed by atoms with Crippen molar-refractivity contribution >= 4 is 5.97 Å². The van der Waals surface area contributed by atoms with Gasteiger partial charge in [-0.2, -0.15) is 0 Å². The molecule has 1 rings (SSSR count). The highest BCUT2D eigenvalue weighted by Crippen LogP contribution is 2.13. The number of carboxylic acids is 1. The maximum atomic E-state index is 10.2. The Bertz CT molecular complexity index is 356. The fourth-order valence-electron chi connectivity index (χ4n) is 1.22. The Morgan fingerprint density at radius 1 is 1.53 bits per heavy atom. The quantitative estimate of drug-likeness (QED) is 0.752. The first-order valence-corrected chi connectivity index (χ1v) is 4.83. The van der Waals surface area contributed by atoms with Crippen molar-refractivity contribution < 1.29 is 14.6 Å². The molecule has 0 aliphatic carbocycles. The molecule has 80 valence electrons. The van der Waals surface area contributed by atoms with E-state index in [1.807, 2.05) is 31.2 Å². The lowest BCUT2D eigenvalue weighted by Crippen LogP contribution is -1.92. The molecule has 0 heterocycles. The van der Waals surface area contributed by atoms with Crippen LogP contribution >= 0.6 is 0 Å². The van der Waals surface area contributed by atoms with Gasteiger partial charge in [0.15, 0.2) is 0 Å². The van der Waals surface area contributed by atoms with Crippen LogP contribution in [0.1, 0.15) is 12.5 Å². The number of allylic oxidation sites excluding steroid dienone is 1. The van der Waals surface area contributed by atoms with E-state index in [4.69, 9.17) is 9.84 Å². The van der Waals surface area contributed by atoms with Crippen molar-refractivity contribution in [2.24, 2.45) is 0 Å². The molecule has 1 aromatic rings. The number of carboxylic acid groups (broad SMARTS) is 1. The van der Waals surface area contributed by atoms with Gasteiger partial charge in [0, 0.05) is 6.08 Å². The molecule has 0 aliphatic heterocycles. The van der Waals surface area contributed by atoms with E-state index in [2.05, 4.69) is 0 Å². The Morgan fingerprint density at radius 3 is 3.00 bits per heavy atom. The van der Waals surface area contributed by atoms with Gasteiger partial charge < -0.3 is 9.84 Å². The third kappa shape index (κ3) is 4.31. The van der Waals surface area contributed by atoms with E-state index >= 15 is 0 Å². The summed E-state index contributed by atoms with van der Waals surface area (Å²) in [5.41, 5.74) is 1.04. The second-order valence-corrected chi connectivity index (χ2v) is 3.03. The second-order valence-electron chi connectivity index (χ2n) is 3.03. The van der Waals surface area contributed by atoms with Gasteiger partial charge in [0.05, 0.1) is 6.61 Å². The number of hydrogen-bond donors (Lipinski definition) is 1. The molecule has 3 nitrogen and oxygen atoms in total. The van der Waals surface area contributed by atoms with Crippen LogP contribution in [0.3, 0.4) is 0 Å². The average Bonchev–Trinajstić information content (AvgIpc) is 2.18. The van der Waals surface area contributed by atoms with Crippen LogP contribution in [0.15, 0.2) is 36.4 Å². The van der Waals surface area contributed by atoms with Crippen LogP contribution in [0, 0.1) is 0 Å². The molecule has 0 saturated heterocycles. The second kappa shape index (κ2) is 5.86. The SMILES string of the molecule is CCOc1cccc(C/C=C/C(=O)O)c1. The molecular weight excluding hydrogens is 192 g/mol. The van der Waals surface area contributed by atoms with Crippen molar-refractivity contribution in [2.45, 2.75) is 13.3 Å². The van der Waals surface area contributed by atoms with Gasteiger partial charge in [0.25, 0.3) is 0 Å². The predicted octanol–water partition coefficient (Wildman–Crippen LogP) is 2.27. The standard InChI is InChI=1S/C12H14O3/c1-2-15-11-7-3-5-10(9-11)6-4-8-12(13)14/h3-5,7-9H,2,6H2,1H3,(H,13,14)/b8-4+. The number of carbonyl (C=O) groups is 1. The highest BCUT2D eigenvalue weighted by atomic mass is 16.5. The fraction of sp³-hybridized carbons (Fsp3) is 0.250. The van der Waals surface area contributed by atoms with Crippen molar-refractivity contribution in [3.63, 3.8) is 0 Å². The largest absolute Gasteiger partial charge is 0.494 e. The first-order chi connectivity index (χ1) is 7.22. The fourth-order valence-corrected chi connectivity index (χ4v) is 1.22. The van der Waals surface area contributed by atoms with Gasteiger partial charge in [-0.1, -0.05) is 18.2 Å². The molecular formula is C12H14O3. The lowest BCUT2D eigenvalue weighted by molar-refractivity contribution is -0.131. The van der Waals surface area contributed by atoms with Gasteiger partial charge >= 0.3 is 5.97 Å². The highest BCUT2D eigenvalue weighted by molar-refractivity contribution is 5.79. The molecule has 0 saturated carbocycles. The van der Waals surface area contributed by atoms with Crippen LogP contribution in [0.5, 0.6) is 5.75 Å². The molecule has 15 heavy (non-hydrogen) atoms. The van der Waals surface area contributed by atoms with Crippen LogP contribution in [-0.2, 0) is 11.2 Å². The maximum Gasteiger partial charge on any atom is 0.327 e. The Morgan fingerprint density at radius 2 is 2.33 bits per heavy atom. The number of hydrogen-bond acceptors (Lipinski definition) is 2. The molecule has 1 aromatic carbocycles. The minimum Gasteiger partial charge on any atom is -0.494 e. The molecule has 0 unspecified atom stereocenters. The van der Waals surface area contributed by atoms with Crippen LogP contribution in [0.25, 0.3) is 0 Å². The average molecular weight is 206 g/mol. The molecule has 0 amide bonds. The topological polar surface area (TPSA) is 46.5 Å². The van der Waals surface area contributed by atoms with E-state index in [0.717, 1.165) is 17.4 Å². The van der Waals surface area contributed by atoms with Gasteiger partial charge in [-0.15, -0.1) is 0 Å². The van der Waals surface area contributed by atoms with Crippen molar-refractivity contribution in [1.29, 1.82) is 0 Å². The third-order valence-electron chi connectivity index (χ3n) is 1.82. The Hall–Kier alpha value is -1.77. The van der Waals surface area contributed by atoms with E-state index in [9.17, 15) is 4.79 Å². The number of ether oxygens (including phenoxy) is 1. The molecule has 0 aromatic heterocycles. The minimum atomic E-state index is -0.920. The molecule has 3 heteroatoms. The molecule has 0 aliphatic rings. The maximum absolute atomic E-state index is 10.2. The summed E-state index contributed by atoms with van der Waals surface area (Å²) in [5, 5.41) is 8.42. The van der Waals surface area contributed by atoms with Crippen LogP contribution in [0.4, 0.5) is 0 Å². The van der Waals surface area contributed by atoms with E-state index in [0.29, 0.717) is 13.0 Å². The zero-order valence-corrected chi connectivity index (χ0v) is 8.64. The van der Waals surface area contributed by atoms with Gasteiger partial charge in [0.2, 0.25) is 0 Å². The van der Waals surface area contributed by atoms with Crippen LogP contribution in [0.2, 0.25) is 0 Å². The molecule has 0 bridgehead atoms. The van der Waals surface area contributed by atoms with Crippen LogP contribution in [-0.4, -0.2) is 17.7 Å². The van der Waals surface area contributed by atoms with Crippen molar-refractivity contribution in [2.75, 3.05) is 6.61 Å². The lowest BCUT2D eigenvalue weighted by atomic mass is 10.1. The third-order valence-corrected chi connectivity index (χ3v) is 1.82. The van der Waals surface area contributed by atoms with Gasteiger partial charge in [-0.3, -0.25) is 0 Å². The first kappa shape index (κ1) is 11.3. The number of benzene rings is 1. The summed E-state index contributed by atoms with van der Waals surface area (Å²) in [4.78, 5) is 10.2. The Kier molecular flexibility index (Phi) is 4.41. The van der Waals surface area contributed by atoms with Crippen molar-refractivity contribution in [3.05, 3.63) is 42.0 Å². The van der Waals surface area contributed by atoms with Crippen molar-refractivity contribution in [3.8, 4) is 5.75 Å². The molecule has 0 atom stereocenters. The predicted molar refractivity (Wildman–Crippen MR) is 58.1 cm³/mol. The smallest absolute Gasteiger partial charge is 0.327 e. The van der Waals surface area contributed by atoms with Crippen LogP contribution < -0.4 is 4.74 Å². The monoisotopic (exact) mass is 206 g/mol. The van der Waals surface area contributed by atoms with Gasteiger partial charge in [-0.25, -0.2) is 4.79 Å². The zero-order chi connectivity index (χ0) is 11.1. The summed E-state index contributed by atoms with van der Waals surface area (Å²) >= 11 is 0. The summed E-state index contributed by atoms with van der Waals surface area (Å²) < 4.78 is 5.33. The first-order valence-electron chi connectivity index (χ1n) is 4.83. The molecule has 0 fully saturated rings. The molecule has 0 radical (unpaired) electrons. The summed E-state index contributed by atoms with van der Waals surface area (Å²) in [6.07, 6.45) is 3.37. The van der Waals surface area contributed by atoms with Gasteiger partial charge in [0.1, 0.15) is 5.75 Å². The highest BCUT2D eigenvalue weighted by Gasteiger charge is 1.94. The van der Waals surface area contributed by atoms with E-state index in [1.54, 1.807) is 6.08 Å². The lowest BCUT2D eigenvalue weighted by Gasteiger charge is -2.03. The molecule has 1 N–H and O–H groups in total. The summed E-state index contributed by atoms with van der Waals surface area (Å²) in [5.74, 6) is -0.102. The Labute approximate surface area is 89.0 Å². The summed E-state index contributed by atoms with van der Waals surface area (Å²) in [6.45, 7) is 2.56. The van der Waals surface area contributed by atoms with E-state index < -0.39 is 5.97 Å².